The Labute approximate surface area is 181 Å². The first-order valence-electron chi connectivity index (χ1n) is 9.58. The second kappa shape index (κ2) is 9.01. The van der Waals surface area contributed by atoms with Gasteiger partial charge in [0, 0.05) is 17.2 Å². The number of nitrogens with one attached hydrogen (secondary N) is 1. The standard InChI is InChI=1S/C23H19N3O4S/c1-15-21(24-23(29)26(22(15)28)13-16-8-4-2-5-9-16)31-14-19(27)20-12-18(25-30-20)17-10-6-3-7-11-17/h2-12H,13-14H2,1H3,(H,24,29). The monoisotopic (exact) mass is 433 g/mol. The molecule has 4 aromatic rings. The number of Topliss-reactive ketones (excluding diaryl/α,β-unsaturated/α-hetero) is 1. The third-order valence-corrected chi connectivity index (χ3v) is 5.86. The molecule has 0 unspecified atom stereocenters. The normalized spacial score (nSPS) is 10.9. The molecule has 0 aliphatic carbocycles. The first kappa shape index (κ1) is 20.6. The van der Waals surface area contributed by atoms with Crippen LogP contribution in [0, 0.1) is 6.92 Å². The van der Waals surface area contributed by atoms with Gasteiger partial charge in [-0.1, -0.05) is 77.6 Å². The molecule has 0 aliphatic heterocycles. The summed E-state index contributed by atoms with van der Waals surface area (Å²) in [5, 5.41) is 4.31. The molecular weight excluding hydrogens is 414 g/mol. The topological polar surface area (TPSA) is 98.0 Å². The van der Waals surface area contributed by atoms with Crippen LogP contribution in [-0.2, 0) is 6.54 Å². The summed E-state index contributed by atoms with van der Waals surface area (Å²) in [4.78, 5) is 40.4. The van der Waals surface area contributed by atoms with E-state index in [-0.39, 0.29) is 29.4 Å². The number of carbonyl (C=O) groups is 1. The molecule has 2 heterocycles. The highest BCUT2D eigenvalue weighted by atomic mass is 32.2. The number of ketones is 1. The predicted octanol–water partition coefficient (Wildman–Crippen LogP) is 3.52. The summed E-state index contributed by atoms with van der Waals surface area (Å²) in [7, 11) is 0. The highest BCUT2D eigenvalue weighted by Crippen LogP contribution is 2.22. The molecule has 156 valence electrons. The molecule has 0 aliphatic rings. The van der Waals surface area contributed by atoms with E-state index in [9.17, 15) is 14.4 Å². The van der Waals surface area contributed by atoms with Crippen LogP contribution in [0.5, 0.6) is 0 Å². The number of aromatic amines is 1. The van der Waals surface area contributed by atoms with Gasteiger partial charge in [0.2, 0.25) is 11.5 Å². The van der Waals surface area contributed by atoms with E-state index in [1.54, 1.807) is 13.0 Å². The van der Waals surface area contributed by atoms with Crippen molar-refractivity contribution in [2.45, 2.75) is 18.5 Å². The zero-order valence-electron chi connectivity index (χ0n) is 16.7. The zero-order chi connectivity index (χ0) is 21.8. The van der Waals surface area contributed by atoms with E-state index in [1.807, 2.05) is 60.7 Å². The van der Waals surface area contributed by atoms with Crippen molar-refractivity contribution in [2.75, 3.05) is 5.75 Å². The van der Waals surface area contributed by atoms with Gasteiger partial charge >= 0.3 is 5.69 Å². The average Bonchev–Trinajstić information content (AvgIpc) is 3.30. The SMILES string of the molecule is Cc1c(SCC(=O)c2cc(-c3ccccc3)no2)[nH]c(=O)n(Cc2ccccc2)c1=O. The lowest BCUT2D eigenvalue weighted by Gasteiger charge is -2.09. The van der Waals surface area contributed by atoms with Crippen LogP contribution in [0.1, 0.15) is 21.7 Å². The lowest BCUT2D eigenvalue weighted by Crippen LogP contribution is -2.37. The van der Waals surface area contributed by atoms with Crippen LogP contribution in [0.15, 0.2) is 85.9 Å². The quantitative estimate of drug-likeness (QED) is 0.272. The molecule has 8 heteroatoms. The Hall–Kier alpha value is -3.65. The van der Waals surface area contributed by atoms with Crippen LogP contribution in [0.25, 0.3) is 11.3 Å². The fourth-order valence-corrected chi connectivity index (χ4v) is 3.95. The Morgan fingerprint density at radius 1 is 1.06 bits per heavy atom. The Bertz CT molecular complexity index is 1320. The maximum atomic E-state index is 12.7. The molecule has 0 radical (unpaired) electrons. The third kappa shape index (κ3) is 4.59. The van der Waals surface area contributed by atoms with E-state index >= 15 is 0 Å². The lowest BCUT2D eigenvalue weighted by molar-refractivity contribution is 0.0983. The van der Waals surface area contributed by atoms with Gasteiger partial charge in [0.15, 0.2) is 0 Å². The van der Waals surface area contributed by atoms with E-state index in [0.29, 0.717) is 16.3 Å². The van der Waals surface area contributed by atoms with Crippen LogP contribution < -0.4 is 11.2 Å². The highest BCUT2D eigenvalue weighted by molar-refractivity contribution is 8.00. The van der Waals surface area contributed by atoms with Crippen LogP contribution in [-0.4, -0.2) is 26.2 Å². The van der Waals surface area contributed by atoms with E-state index < -0.39 is 5.69 Å². The van der Waals surface area contributed by atoms with Crippen molar-refractivity contribution in [3.63, 3.8) is 0 Å². The number of thioether (sulfide) groups is 1. The van der Waals surface area contributed by atoms with Gasteiger partial charge in [0.25, 0.3) is 5.56 Å². The van der Waals surface area contributed by atoms with Crippen LogP contribution in [0.3, 0.4) is 0 Å². The number of rotatable bonds is 7. The molecule has 0 fully saturated rings. The smallest absolute Gasteiger partial charge is 0.329 e. The second-order valence-electron chi connectivity index (χ2n) is 6.92. The van der Waals surface area contributed by atoms with Crippen molar-refractivity contribution in [3.05, 3.63) is 104 Å². The Morgan fingerprint density at radius 2 is 1.74 bits per heavy atom. The molecule has 0 saturated carbocycles. The minimum absolute atomic E-state index is 0.00232. The molecule has 0 saturated heterocycles. The summed E-state index contributed by atoms with van der Waals surface area (Å²) in [6.07, 6.45) is 0. The van der Waals surface area contributed by atoms with Gasteiger partial charge in [0.05, 0.1) is 17.3 Å². The summed E-state index contributed by atoms with van der Waals surface area (Å²) >= 11 is 1.09. The molecule has 31 heavy (non-hydrogen) atoms. The number of carbonyl (C=O) groups excluding carboxylic acids is 1. The van der Waals surface area contributed by atoms with E-state index in [1.165, 1.54) is 0 Å². The molecule has 2 aromatic heterocycles. The molecule has 7 nitrogen and oxygen atoms in total. The summed E-state index contributed by atoms with van der Waals surface area (Å²) in [6.45, 7) is 1.81. The molecule has 0 atom stereocenters. The first-order chi connectivity index (χ1) is 15.0. The molecule has 0 bridgehead atoms. The van der Waals surface area contributed by atoms with Crippen molar-refractivity contribution in [1.82, 2.24) is 14.7 Å². The number of nitrogens with zero attached hydrogens (tertiary/aromatic N) is 2. The zero-order valence-corrected chi connectivity index (χ0v) is 17.5. The number of hydrogen-bond acceptors (Lipinski definition) is 6. The largest absolute Gasteiger partial charge is 0.352 e. The lowest BCUT2D eigenvalue weighted by atomic mass is 10.1. The van der Waals surface area contributed by atoms with Gasteiger partial charge in [-0.25, -0.2) is 4.79 Å². The molecule has 1 N–H and O–H groups in total. The minimum atomic E-state index is -0.513. The summed E-state index contributed by atoms with van der Waals surface area (Å²) < 4.78 is 6.33. The predicted molar refractivity (Wildman–Crippen MR) is 119 cm³/mol. The highest BCUT2D eigenvalue weighted by Gasteiger charge is 2.17. The fraction of sp³-hybridized carbons (Fsp3) is 0.130. The Balaban J connectivity index is 1.49. The maximum absolute atomic E-state index is 12.7. The van der Waals surface area contributed by atoms with Crippen molar-refractivity contribution < 1.29 is 9.32 Å². The van der Waals surface area contributed by atoms with Crippen molar-refractivity contribution >= 4 is 17.5 Å². The molecule has 4 rings (SSSR count). The Kier molecular flexibility index (Phi) is 5.99. The van der Waals surface area contributed by atoms with Gasteiger partial charge in [-0.05, 0) is 12.5 Å². The van der Waals surface area contributed by atoms with Gasteiger partial charge < -0.3 is 9.51 Å². The average molecular weight is 433 g/mol. The second-order valence-corrected chi connectivity index (χ2v) is 7.90. The summed E-state index contributed by atoms with van der Waals surface area (Å²) in [6, 6.07) is 20.3. The number of benzene rings is 2. The number of aromatic nitrogens is 3. The first-order valence-corrected chi connectivity index (χ1v) is 10.6. The summed E-state index contributed by atoms with van der Waals surface area (Å²) in [5.41, 5.74) is 1.76. The van der Waals surface area contributed by atoms with Crippen molar-refractivity contribution in [1.29, 1.82) is 0 Å². The minimum Gasteiger partial charge on any atom is -0.352 e. The molecular formula is C23H19N3O4S. The summed E-state index contributed by atoms with van der Waals surface area (Å²) in [5.74, 6) is -0.153. The third-order valence-electron chi connectivity index (χ3n) is 4.76. The maximum Gasteiger partial charge on any atom is 0.329 e. The van der Waals surface area contributed by atoms with Crippen LogP contribution in [0.4, 0.5) is 0 Å². The van der Waals surface area contributed by atoms with Crippen LogP contribution >= 0.6 is 11.8 Å². The molecule has 0 amide bonds. The van der Waals surface area contributed by atoms with E-state index in [4.69, 9.17) is 4.52 Å². The van der Waals surface area contributed by atoms with Gasteiger partial charge in [-0.3, -0.25) is 14.2 Å². The van der Waals surface area contributed by atoms with Gasteiger partial charge in [-0.15, -0.1) is 0 Å². The van der Waals surface area contributed by atoms with Gasteiger partial charge in [-0.2, -0.15) is 0 Å². The Morgan fingerprint density at radius 3 is 2.45 bits per heavy atom. The van der Waals surface area contributed by atoms with E-state index in [2.05, 4.69) is 10.1 Å². The fourth-order valence-electron chi connectivity index (χ4n) is 3.06. The number of hydrogen-bond donors (Lipinski definition) is 1. The van der Waals surface area contributed by atoms with E-state index in [0.717, 1.165) is 27.5 Å². The van der Waals surface area contributed by atoms with Crippen LogP contribution in [0.2, 0.25) is 0 Å². The molecule has 2 aromatic carbocycles. The number of H-pyrrole nitrogens is 1. The molecule has 0 spiro atoms. The van der Waals surface area contributed by atoms with Gasteiger partial charge in [0.1, 0.15) is 5.69 Å². The van der Waals surface area contributed by atoms with Crippen molar-refractivity contribution in [2.24, 2.45) is 0 Å². The van der Waals surface area contributed by atoms with Crippen molar-refractivity contribution in [3.8, 4) is 11.3 Å².